The molecule has 0 aliphatic carbocycles. The first kappa shape index (κ1) is 15.7. The number of amides is 2. The van der Waals surface area contributed by atoms with Crippen molar-refractivity contribution in [2.75, 3.05) is 0 Å². The van der Waals surface area contributed by atoms with E-state index in [2.05, 4.69) is 6.07 Å². The molecule has 2 amide bonds. The lowest BCUT2D eigenvalue weighted by Gasteiger charge is -2.16. The van der Waals surface area contributed by atoms with E-state index in [-0.39, 0.29) is 6.61 Å². The van der Waals surface area contributed by atoms with Crippen molar-refractivity contribution in [3.05, 3.63) is 95.6 Å². The molecule has 0 fully saturated rings. The molecule has 4 nitrogen and oxygen atoms in total. The monoisotopic (exact) mass is 353 g/mol. The number of carbonyl (C=O) groups excluding carboxylic acids is 2. The molecule has 4 aromatic carbocycles. The van der Waals surface area contributed by atoms with Gasteiger partial charge in [-0.1, -0.05) is 60.7 Å². The van der Waals surface area contributed by atoms with Crippen molar-refractivity contribution < 1.29 is 14.4 Å². The van der Waals surface area contributed by atoms with Crippen molar-refractivity contribution in [3.8, 4) is 0 Å². The molecule has 0 saturated heterocycles. The number of carbonyl (C=O) groups is 2. The summed E-state index contributed by atoms with van der Waals surface area (Å²) in [5.41, 5.74) is 1.72. The highest BCUT2D eigenvalue weighted by Crippen LogP contribution is 2.30. The van der Waals surface area contributed by atoms with Crippen molar-refractivity contribution in [1.29, 1.82) is 0 Å². The largest absolute Gasteiger partial charge is 0.285 e. The molecule has 4 aromatic rings. The van der Waals surface area contributed by atoms with Crippen LogP contribution in [-0.2, 0) is 11.4 Å². The van der Waals surface area contributed by atoms with Gasteiger partial charge in [0.05, 0.1) is 11.1 Å². The van der Waals surface area contributed by atoms with Crippen LogP contribution < -0.4 is 0 Å². The second kappa shape index (κ2) is 6.04. The summed E-state index contributed by atoms with van der Waals surface area (Å²) in [6.45, 7) is 0.132. The number of hydroxylamine groups is 2. The van der Waals surface area contributed by atoms with Crippen LogP contribution in [0.25, 0.3) is 21.5 Å². The summed E-state index contributed by atoms with van der Waals surface area (Å²) in [4.78, 5) is 30.8. The fraction of sp³-hybridized carbons (Fsp3) is 0.0435. The molecule has 0 unspecified atom stereocenters. The maximum Gasteiger partial charge on any atom is 0.285 e. The first-order chi connectivity index (χ1) is 13.2. The highest BCUT2D eigenvalue weighted by Gasteiger charge is 2.36. The Morgan fingerprint density at radius 1 is 0.667 bits per heavy atom. The van der Waals surface area contributed by atoms with Gasteiger partial charge >= 0.3 is 0 Å². The molecule has 0 N–H and O–H groups in total. The van der Waals surface area contributed by atoms with E-state index in [0.717, 1.165) is 32.2 Å². The molecule has 1 aliphatic rings. The summed E-state index contributed by atoms with van der Waals surface area (Å²) in [5, 5.41) is 5.16. The Kier molecular flexibility index (Phi) is 3.52. The number of nitrogens with zero attached hydrogens (tertiary/aromatic N) is 1. The standard InChI is InChI=1S/C23H15NO3/c25-22-19-11-5-6-12-20(19)23(26)24(22)27-14-21-17-9-3-1-7-15(17)13-16-8-2-4-10-18(16)21/h1-13H,14H2. The summed E-state index contributed by atoms with van der Waals surface area (Å²) in [6.07, 6.45) is 0. The van der Waals surface area contributed by atoms with Crippen LogP contribution in [0.1, 0.15) is 26.3 Å². The third-order valence-electron chi connectivity index (χ3n) is 4.98. The number of benzene rings is 4. The van der Waals surface area contributed by atoms with Gasteiger partial charge in [-0.2, -0.15) is 0 Å². The SMILES string of the molecule is O=C1c2ccccc2C(=O)N1OCc1c2ccccc2cc2ccccc12. The van der Waals surface area contributed by atoms with Crippen molar-refractivity contribution in [1.82, 2.24) is 5.06 Å². The summed E-state index contributed by atoms with van der Waals surface area (Å²) < 4.78 is 0. The zero-order chi connectivity index (χ0) is 18.4. The van der Waals surface area contributed by atoms with Gasteiger partial charge in [0.25, 0.3) is 11.8 Å². The molecule has 4 heteroatoms. The molecule has 5 rings (SSSR count). The first-order valence-electron chi connectivity index (χ1n) is 8.74. The third-order valence-corrected chi connectivity index (χ3v) is 4.98. The van der Waals surface area contributed by atoms with Gasteiger partial charge in [-0.3, -0.25) is 14.4 Å². The number of fused-ring (bicyclic) bond motifs is 3. The van der Waals surface area contributed by atoms with Gasteiger partial charge in [0.2, 0.25) is 0 Å². The van der Waals surface area contributed by atoms with Crippen molar-refractivity contribution in [3.63, 3.8) is 0 Å². The van der Waals surface area contributed by atoms with Crippen molar-refractivity contribution in [2.24, 2.45) is 0 Å². The van der Waals surface area contributed by atoms with E-state index in [0.29, 0.717) is 11.1 Å². The molecule has 0 bridgehead atoms. The Labute approximate surface area is 155 Å². The Bertz CT molecular complexity index is 1140. The smallest absolute Gasteiger partial charge is 0.266 e. The van der Waals surface area contributed by atoms with E-state index in [1.165, 1.54) is 0 Å². The number of imide groups is 1. The van der Waals surface area contributed by atoms with E-state index in [9.17, 15) is 9.59 Å². The molecule has 27 heavy (non-hydrogen) atoms. The molecule has 1 heterocycles. The first-order valence-corrected chi connectivity index (χ1v) is 8.74. The Morgan fingerprint density at radius 2 is 1.15 bits per heavy atom. The maximum absolute atomic E-state index is 12.5. The van der Waals surface area contributed by atoms with Gasteiger partial charge in [0.15, 0.2) is 0 Å². The molecule has 0 atom stereocenters. The van der Waals surface area contributed by atoms with Crippen LogP contribution in [0.5, 0.6) is 0 Å². The van der Waals surface area contributed by atoms with E-state index < -0.39 is 11.8 Å². The van der Waals surface area contributed by atoms with Crippen molar-refractivity contribution in [2.45, 2.75) is 6.61 Å². The highest BCUT2D eigenvalue weighted by molar-refractivity contribution is 6.20. The molecule has 0 aromatic heterocycles. The fourth-order valence-electron chi connectivity index (χ4n) is 3.68. The summed E-state index contributed by atoms with van der Waals surface area (Å²) in [5.74, 6) is -0.833. The molecule has 0 radical (unpaired) electrons. The fourth-order valence-corrected chi connectivity index (χ4v) is 3.68. The van der Waals surface area contributed by atoms with Crippen LogP contribution in [0.4, 0.5) is 0 Å². The lowest BCUT2D eigenvalue weighted by molar-refractivity contribution is -0.0999. The minimum atomic E-state index is -0.417. The van der Waals surface area contributed by atoms with Crippen LogP contribution >= 0.6 is 0 Å². The zero-order valence-corrected chi connectivity index (χ0v) is 14.4. The lowest BCUT2D eigenvalue weighted by Crippen LogP contribution is -2.29. The van der Waals surface area contributed by atoms with Crippen LogP contribution in [0.2, 0.25) is 0 Å². The van der Waals surface area contributed by atoms with Gasteiger partial charge in [-0.25, -0.2) is 0 Å². The topological polar surface area (TPSA) is 46.6 Å². The normalized spacial score (nSPS) is 13.6. The summed E-state index contributed by atoms with van der Waals surface area (Å²) >= 11 is 0. The third kappa shape index (κ3) is 2.42. The van der Waals surface area contributed by atoms with E-state index >= 15 is 0 Å². The lowest BCUT2D eigenvalue weighted by atomic mass is 9.97. The zero-order valence-electron chi connectivity index (χ0n) is 14.4. The number of hydrogen-bond acceptors (Lipinski definition) is 3. The van der Waals surface area contributed by atoms with Gasteiger partial charge < -0.3 is 0 Å². The van der Waals surface area contributed by atoms with Crippen LogP contribution in [0.3, 0.4) is 0 Å². The second-order valence-electron chi connectivity index (χ2n) is 6.52. The van der Waals surface area contributed by atoms with E-state index in [1.807, 2.05) is 48.5 Å². The van der Waals surface area contributed by atoms with Crippen LogP contribution in [0, 0.1) is 0 Å². The molecule has 1 aliphatic heterocycles. The average molecular weight is 353 g/mol. The van der Waals surface area contributed by atoms with Crippen LogP contribution in [-0.4, -0.2) is 16.9 Å². The predicted octanol–water partition coefficient (Wildman–Crippen LogP) is 4.72. The van der Waals surface area contributed by atoms with Crippen LogP contribution in [0.15, 0.2) is 78.9 Å². The Hall–Kier alpha value is -3.50. The quantitative estimate of drug-likeness (QED) is 0.395. The van der Waals surface area contributed by atoms with E-state index in [1.54, 1.807) is 24.3 Å². The molecule has 0 saturated carbocycles. The minimum absolute atomic E-state index is 0.132. The van der Waals surface area contributed by atoms with Gasteiger partial charge in [-0.15, -0.1) is 5.06 Å². The summed E-state index contributed by atoms with van der Waals surface area (Å²) in [6, 6.07) is 25.0. The predicted molar refractivity (Wildman–Crippen MR) is 103 cm³/mol. The molecule has 130 valence electrons. The maximum atomic E-state index is 12.5. The van der Waals surface area contributed by atoms with Gasteiger partial charge in [0.1, 0.15) is 6.61 Å². The average Bonchev–Trinajstić information content (AvgIpc) is 2.96. The molecule has 0 spiro atoms. The number of rotatable bonds is 3. The van der Waals surface area contributed by atoms with Crippen molar-refractivity contribution >= 4 is 33.4 Å². The van der Waals surface area contributed by atoms with Gasteiger partial charge in [-0.05, 0) is 45.3 Å². The van der Waals surface area contributed by atoms with Gasteiger partial charge in [0, 0.05) is 0 Å². The Morgan fingerprint density at radius 3 is 1.70 bits per heavy atom. The highest BCUT2D eigenvalue weighted by atomic mass is 16.7. The summed E-state index contributed by atoms with van der Waals surface area (Å²) in [7, 11) is 0. The Balaban J connectivity index is 1.56. The minimum Gasteiger partial charge on any atom is -0.266 e. The molecular weight excluding hydrogens is 338 g/mol. The number of hydrogen-bond donors (Lipinski definition) is 0. The second-order valence-corrected chi connectivity index (χ2v) is 6.52. The molecular formula is C23H15NO3. The van der Waals surface area contributed by atoms with E-state index in [4.69, 9.17) is 4.84 Å².